The average Bonchev–Trinajstić information content (AvgIpc) is 2.82. The normalized spacial score (nSPS) is 14.9. The lowest BCUT2D eigenvalue weighted by molar-refractivity contribution is -0.128. The van der Waals surface area contributed by atoms with Gasteiger partial charge in [0.25, 0.3) is 5.91 Å². The van der Waals surface area contributed by atoms with Crippen molar-refractivity contribution in [3.63, 3.8) is 0 Å². The second-order valence-electron chi connectivity index (χ2n) is 6.79. The van der Waals surface area contributed by atoms with Crippen molar-refractivity contribution in [1.29, 1.82) is 0 Å². The van der Waals surface area contributed by atoms with Gasteiger partial charge < -0.3 is 19.5 Å². The molecule has 6 heteroatoms. The number of ether oxygens (including phenoxy) is 3. The molecule has 0 saturated carbocycles. The summed E-state index contributed by atoms with van der Waals surface area (Å²) >= 11 is 5.86. The number of hydrogen-bond donors (Lipinski definition) is 1. The number of rotatable bonds is 4. The van der Waals surface area contributed by atoms with Gasteiger partial charge in [0.2, 0.25) is 5.79 Å². The number of nitrogens with one attached hydrogen (secondary N) is 1. The fourth-order valence-electron chi connectivity index (χ4n) is 2.43. The number of hydrogen-bond acceptors (Lipinski definition) is 4. The lowest BCUT2D eigenvalue weighted by Gasteiger charge is -2.25. The van der Waals surface area contributed by atoms with Crippen LogP contribution in [0.15, 0.2) is 42.5 Å². The maximum absolute atomic E-state index is 12.6. The Morgan fingerprint density at radius 1 is 1.08 bits per heavy atom. The third-order valence-electron chi connectivity index (χ3n) is 3.65. The first-order chi connectivity index (χ1) is 11.6. The molecule has 5 nitrogen and oxygen atoms in total. The minimum absolute atomic E-state index is 0.277. The molecule has 0 aromatic heterocycles. The molecule has 25 heavy (non-hydrogen) atoms. The Hall–Kier alpha value is -2.40. The summed E-state index contributed by atoms with van der Waals surface area (Å²) in [6.07, 6.45) is 0. The molecule has 1 N–H and O–H groups in total. The molecule has 0 bridgehead atoms. The van der Waals surface area contributed by atoms with Crippen molar-refractivity contribution >= 4 is 23.2 Å². The Bertz CT molecular complexity index is 800. The molecular formula is C19H20ClNO4. The van der Waals surface area contributed by atoms with Crippen molar-refractivity contribution in [1.82, 2.24) is 0 Å². The van der Waals surface area contributed by atoms with Crippen molar-refractivity contribution in [3.8, 4) is 17.2 Å². The number of carbonyl (C=O) groups is 1. The molecule has 0 atom stereocenters. The standard InChI is InChI=1S/C19H20ClNO4/c1-18(2,23-14-8-5-12(20)6-9-14)17(22)21-13-7-10-15-16(11-13)25-19(3,4)24-15/h5-11H,1-4H3,(H,21,22). The van der Waals surface area contributed by atoms with Crippen LogP contribution in [0.4, 0.5) is 5.69 Å². The van der Waals surface area contributed by atoms with E-state index >= 15 is 0 Å². The van der Waals surface area contributed by atoms with E-state index in [1.807, 2.05) is 13.8 Å². The van der Waals surface area contributed by atoms with Crippen LogP contribution in [0.3, 0.4) is 0 Å². The molecule has 2 aromatic rings. The largest absolute Gasteiger partial charge is 0.478 e. The van der Waals surface area contributed by atoms with Crippen LogP contribution in [-0.4, -0.2) is 17.3 Å². The van der Waals surface area contributed by atoms with Crippen LogP contribution in [0.25, 0.3) is 0 Å². The maximum Gasteiger partial charge on any atom is 0.267 e. The van der Waals surface area contributed by atoms with Crippen molar-refractivity contribution < 1.29 is 19.0 Å². The first kappa shape index (κ1) is 17.4. The van der Waals surface area contributed by atoms with Gasteiger partial charge in [-0.2, -0.15) is 0 Å². The summed E-state index contributed by atoms with van der Waals surface area (Å²) in [6, 6.07) is 12.1. The van der Waals surface area contributed by atoms with Crippen LogP contribution >= 0.6 is 11.6 Å². The lowest BCUT2D eigenvalue weighted by atomic mass is 10.1. The molecule has 2 aromatic carbocycles. The highest BCUT2D eigenvalue weighted by molar-refractivity contribution is 6.30. The molecule has 0 fully saturated rings. The molecule has 1 heterocycles. The third kappa shape index (κ3) is 3.99. The van der Waals surface area contributed by atoms with E-state index in [2.05, 4.69) is 5.32 Å². The van der Waals surface area contributed by atoms with E-state index < -0.39 is 11.4 Å². The van der Waals surface area contributed by atoms with E-state index in [1.165, 1.54) is 0 Å². The van der Waals surface area contributed by atoms with Gasteiger partial charge in [-0.15, -0.1) is 0 Å². The van der Waals surface area contributed by atoms with Gasteiger partial charge in [-0.1, -0.05) is 11.6 Å². The van der Waals surface area contributed by atoms with Gasteiger partial charge in [-0.3, -0.25) is 4.79 Å². The van der Waals surface area contributed by atoms with Crippen LogP contribution in [0.5, 0.6) is 17.2 Å². The number of fused-ring (bicyclic) bond motifs is 1. The SMILES string of the molecule is CC1(C)Oc2ccc(NC(=O)C(C)(C)Oc3ccc(Cl)cc3)cc2O1. The quantitative estimate of drug-likeness (QED) is 0.861. The Morgan fingerprint density at radius 3 is 2.40 bits per heavy atom. The fraction of sp³-hybridized carbons (Fsp3) is 0.316. The molecule has 1 aliphatic rings. The number of benzene rings is 2. The molecular weight excluding hydrogens is 342 g/mol. The first-order valence-corrected chi connectivity index (χ1v) is 8.31. The summed E-state index contributed by atoms with van der Waals surface area (Å²) in [4.78, 5) is 12.6. The van der Waals surface area contributed by atoms with Crippen molar-refractivity contribution in [2.45, 2.75) is 39.1 Å². The molecule has 1 amide bonds. The minimum Gasteiger partial charge on any atom is -0.478 e. The number of halogens is 1. The van der Waals surface area contributed by atoms with E-state index in [0.717, 1.165) is 0 Å². The molecule has 1 aliphatic heterocycles. The van der Waals surface area contributed by atoms with Gasteiger partial charge in [0.1, 0.15) is 5.75 Å². The second kappa shape index (κ2) is 6.15. The third-order valence-corrected chi connectivity index (χ3v) is 3.90. The predicted octanol–water partition coefficient (Wildman–Crippen LogP) is 4.64. The Kier molecular flexibility index (Phi) is 4.29. The smallest absolute Gasteiger partial charge is 0.267 e. The summed E-state index contributed by atoms with van der Waals surface area (Å²) in [5.41, 5.74) is -0.457. The van der Waals surface area contributed by atoms with E-state index in [0.29, 0.717) is 28.0 Å². The van der Waals surface area contributed by atoms with E-state index in [-0.39, 0.29) is 5.91 Å². The zero-order chi connectivity index (χ0) is 18.2. The highest BCUT2D eigenvalue weighted by Gasteiger charge is 2.33. The minimum atomic E-state index is -1.07. The Morgan fingerprint density at radius 2 is 1.72 bits per heavy atom. The molecule has 0 unspecified atom stereocenters. The van der Waals surface area contributed by atoms with Crippen LogP contribution < -0.4 is 19.5 Å². The number of carbonyl (C=O) groups excluding carboxylic acids is 1. The predicted molar refractivity (Wildman–Crippen MR) is 96.6 cm³/mol. The highest BCUT2D eigenvalue weighted by atomic mass is 35.5. The first-order valence-electron chi connectivity index (χ1n) is 7.93. The van der Waals surface area contributed by atoms with Crippen LogP contribution in [0.1, 0.15) is 27.7 Å². The molecule has 3 rings (SSSR count). The lowest BCUT2D eigenvalue weighted by Crippen LogP contribution is -2.42. The molecule has 0 spiro atoms. The van der Waals surface area contributed by atoms with Crippen molar-refractivity contribution in [2.75, 3.05) is 5.32 Å². The molecule has 0 aliphatic carbocycles. The zero-order valence-corrected chi connectivity index (χ0v) is 15.3. The monoisotopic (exact) mass is 361 g/mol. The van der Waals surface area contributed by atoms with Crippen molar-refractivity contribution in [3.05, 3.63) is 47.5 Å². The van der Waals surface area contributed by atoms with Gasteiger partial charge in [0, 0.05) is 30.6 Å². The van der Waals surface area contributed by atoms with Crippen LogP contribution in [0, 0.1) is 0 Å². The van der Waals surface area contributed by atoms with Gasteiger partial charge in [0.15, 0.2) is 17.1 Å². The van der Waals surface area contributed by atoms with Gasteiger partial charge in [-0.25, -0.2) is 0 Å². The summed E-state index contributed by atoms with van der Waals surface area (Å²) in [7, 11) is 0. The Balaban J connectivity index is 1.70. The van der Waals surface area contributed by atoms with Crippen LogP contribution in [-0.2, 0) is 4.79 Å². The maximum atomic E-state index is 12.6. The van der Waals surface area contributed by atoms with Crippen molar-refractivity contribution in [2.24, 2.45) is 0 Å². The fourth-order valence-corrected chi connectivity index (χ4v) is 2.55. The zero-order valence-electron chi connectivity index (χ0n) is 14.6. The average molecular weight is 362 g/mol. The van der Waals surface area contributed by atoms with E-state index in [9.17, 15) is 4.79 Å². The highest BCUT2D eigenvalue weighted by Crippen LogP contribution is 2.40. The summed E-state index contributed by atoms with van der Waals surface area (Å²) in [5, 5.41) is 3.45. The Labute approximate surface area is 151 Å². The molecule has 132 valence electrons. The molecule has 0 radical (unpaired) electrons. The number of anilines is 1. The number of amides is 1. The van der Waals surface area contributed by atoms with Gasteiger partial charge >= 0.3 is 0 Å². The summed E-state index contributed by atoms with van der Waals surface area (Å²) in [5.74, 6) is 0.832. The van der Waals surface area contributed by atoms with Crippen LogP contribution in [0.2, 0.25) is 5.02 Å². The van der Waals surface area contributed by atoms with E-state index in [1.54, 1.807) is 56.3 Å². The summed E-state index contributed by atoms with van der Waals surface area (Å²) < 4.78 is 17.1. The van der Waals surface area contributed by atoms with Gasteiger partial charge in [0.05, 0.1) is 0 Å². The van der Waals surface area contributed by atoms with E-state index in [4.69, 9.17) is 25.8 Å². The van der Waals surface area contributed by atoms with Gasteiger partial charge in [-0.05, 0) is 50.2 Å². The second-order valence-corrected chi connectivity index (χ2v) is 7.22. The summed E-state index contributed by atoms with van der Waals surface area (Å²) in [6.45, 7) is 7.06. The topological polar surface area (TPSA) is 56.8 Å². The molecule has 0 saturated heterocycles.